The number of halogens is 1. The summed E-state index contributed by atoms with van der Waals surface area (Å²) in [6, 6.07) is 3.59. The number of nitrogens with zero attached hydrogens (tertiary/aromatic N) is 1. The zero-order valence-electron chi connectivity index (χ0n) is 10.4. The van der Waals surface area contributed by atoms with Crippen LogP contribution in [0.15, 0.2) is 18.2 Å². The van der Waals surface area contributed by atoms with Crippen LogP contribution in [0.5, 0.6) is 0 Å². The second-order valence-electron chi connectivity index (χ2n) is 4.03. The average Bonchev–Trinajstić information content (AvgIpc) is 2.28. The molecule has 0 saturated heterocycles. The van der Waals surface area contributed by atoms with Gasteiger partial charge < -0.3 is 20.5 Å². The smallest absolute Gasteiger partial charge is 0.255 e. The number of ether oxygens (including phenoxy) is 1. The molecule has 0 aromatic heterocycles. The molecule has 0 bridgehead atoms. The van der Waals surface area contributed by atoms with Crippen LogP contribution in [0.3, 0.4) is 0 Å². The van der Waals surface area contributed by atoms with Crippen molar-refractivity contribution < 1.29 is 19.0 Å². The van der Waals surface area contributed by atoms with Gasteiger partial charge in [0.1, 0.15) is 5.82 Å². The number of anilines is 1. The summed E-state index contributed by atoms with van der Waals surface area (Å²) in [5.74, 6) is -0.867. The number of hydrogen-bond acceptors (Lipinski definition) is 4. The molecule has 0 radical (unpaired) electrons. The number of nitrogen functional groups attached to an aromatic ring is 1. The second-order valence-corrected chi connectivity index (χ2v) is 4.03. The Morgan fingerprint density at radius 2 is 2.28 bits per heavy atom. The molecule has 1 rings (SSSR count). The van der Waals surface area contributed by atoms with Gasteiger partial charge in [-0.3, -0.25) is 4.79 Å². The van der Waals surface area contributed by atoms with Crippen LogP contribution in [-0.4, -0.2) is 49.3 Å². The second kappa shape index (κ2) is 6.32. The molecule has 0 aliphatic carbocycles. The molecular formula is C12H17FN2O3. The number of hydrogen-bond donors (Lipinski definition) is 2. The molecule has 5 nitrogen and oxygen atoms in total. The standard InChI is InChI=1S/C12H17FN2O3/c1-15(6-9(16)7-18-2)12(17)10-4-3-8(13)5-11(10)14/h3-5,9,16H,6-7,14H2,1-2H3. The number of amides is 1. The lowest BCUT2D eigenvalue weighted by Gasteiger charge is -2.21. The maximum Gasteiger partial charge on any atom is 0.255 e. The molecule has 0 saturated carbocycles. The Balaban J connectivity index is 2.74. The molecule has 1 unspecified atom stereocenters. The van der Waals surface area contributed by atoms with E-state index >= 15 is 0 Å². The molecule has 1 aromatic rings. The topological polar surface area (TPSA) is 75.8 Å². The van der Waals surface area contributed by atoms with Gasteiger partial charge in [0.2, 0.25) is 0 Å². The van der Waals surface area contributed by atoms with Crippen molar-refractivity contribution in [3.05, 3.63) is 29.6 Å². The predicted octanol–water partition coefficient (Wildman–Crippen LogP) is 0.487. The molecule has 0 heterocycles. The number of methoxy groups -OCH3 is 1. The van der Waals surface area contributed by atoms with Crippen LogP contribution in [-0.2, 0) is 4.74 Å². The molecule has 0 spiro atoms. The van der Waals surface area contributed by atoms with E-state index in [-0.39, 0.29) is 30.3 Å². The van der Waals surface area contributed by atoms with Crippen molar-refractivity contribution in [1.29, 1.82) is 0 Å². The molecule has 0 aliphatic heterocycles. The predicted molar refractivity (Wildman–Crippen MR) is 65.7 cm³/mol. The number of benzene rings is 1. The summed E-state index contributed by atoms with van der Waals surface area (Å²) in [7, 11) is 2.99. The van der Waals surface area contributed by atoms with Crippen molar-refractivity contribution in [3.63, 3.8) is 0 Å². The van der Waals surface area contributed by atoms with Gasteiger partial charge in [-0.25, -0.2) is 4.39 Å². The van der Waals surface area contributed by atoms with E-state index in [0.717, 1.165) is 6.07 Å². The third-order valence-electron chi connectivity index (χ3n) is 2.43. The Bertz CT molecular complexity index is 426. The number of carbonyl (C=O) groups is 1. The van der Waals surface area contributed by atoms with Gasteiger partial charge in [0, 0.05) is 26.4 Å². The Labute approximate surface area is 105 Å². The van der Waals surface area contributed by atoms with E-state index in [0.29, 0.717) is 0 Å². The Morgan fingerprint density at radius 3 is 2.83 bits per heavy atom. The summed E-state index contributed by atoms with van der Waals surface area (Å²) in [5, 5.41) is 9.52. The van der Waals surface area contributed by atoms with Gasteiger partial charge >= 0.3 is 0 Å². The van der Waals surface area contributed by atoms with Crippen molar-refractivity contribution in [2.45, 2.75) is 6.10 Å². The molecule has 18 heavy (non-hydrogen) atoms. The minimum atomic E-state index is -0.773. The number of likely N-dealkylation sites (N-methyl/N-ethyl adjacent to an activating group) is 1. The van der Waals surface area contributed by atoms with Crippen LogP contribution in [0.25, 0.3) is 0 Å². The summed E-state index contributed by atoms with van der Waals surface area (Å²) in [6.07, 6.45) is -0.773. The number of rotatable bonds is 5. The third-order valence-corrected chi connectivity index (χ3v) is 2.43. The molecule has 0 fully saturated rings. The van der Waals surface area contributed by atoms with Crippen molar-refractivity contribution in [2.24, 2.45) is 0 Å². The molecule has 3 N–H and O–H groups in total. The summed E-state index contributed by atoms with van der Waals surface area (Å²) in [6.45, 7) is 0.250. The summed E-state index contributed by atoms with van der Waals surface area (Å²) >= 11 is 0. The van der Waals surface area contributed by atoms with Gasteiger partial charge in [0.25, 0.3) is 5.91 Å². The van der Waals surface area contributed by atoms with E-state index in [2.05, 4.69) is 0 Å². The van der Waals surface area contributed by atoms with Crippen LogP contribution in [0.2, 0.25) is 0 Å². The molecule has 1 aromatic carbocycles. The maximum absolute atomic E-state index is 12.9. The van der Waals surface area contributed by atoms with Crippen LogP contribution in [0.4, 0.5) is 10.1 Å². The third kappa shape index (κ3) is 3.68. The fourth-order valence-electron chi connectivity index (χ4n) is 1.58. The van der Waals surface area contributed by atoms with Gasteiger partial charge in [-0.1, -0.05) is 0 Å². The van der Waals surface area contributed by atoms with Crippen molar-refractivity contribution in [3.8, 4) is 0 Å². The monoisotopic (exact) mass is 256 g/mol. The van der Waals surface area contributed by atoms with Gasteiger partial charge in [-0.2, -0.15) is 0 Å². The normalized spacial score (nSPS) is 12.2. The van der Waals surface area contributed by atoms with Crippen molar-refractivity contribution >= 4 is 11.6 Å². The number of aliphatic hydroxyl groups excluding tert-OH is 1. The highest BCUT2D eigenvalue weighted by Crippen LogP contribution is 2.15. The number of nitrogens with two attached hydrogens (primary N) is 1. The first-order chi connectivity index (χ1) is 8.45. The largest absolute Gasteiger partial charge is 0.398 e. The van der Waals surface area contributed by atoms with E-state index in [1.165, 1.54) is 31.2 Å². The van der Waals surface area contributed by atoms with Crippen molar-refractivity contribution in [1.82, 2.24) is 4.90 Å². The lowest BCUT2D eigenvalue weighted by molar-refractivity contribution is 0.0380. The minimum Gasteiger partial charge on any atom is -0.398 e. The number of carbonyl (C=O) groups excluding carboxylic acids is 1. The van der Waals surface area contributed by atoms with Gasteiger partial charge in [-0.15, -0.1) is 0 Å². The molecule has 1 atom stereocenters. The van der Waals surface area contributed by atoms with E-state index in [4.69, 9.17) is 10.5 Å². The molecule has 1 amide bonds. The molecule has 100 valence electrons. The Morgan fingerprint density at radius 1 is 1.61 bits per heavy atom. The zero-order chi connectivity index (χ0) is 13.7. The highest BCUT2D eigenvalue weighted by molar-refractivity contribution is 5.98. The lowest BCUT2D eigenvalue weighted by atomic mass is 10.1. The summed E-state index contributed by atoms with van der Waals surface area (Å²) in [4.78, 5) is 13.3. The fourth-order valence-corrected chi connectivity index (χ4v) is 1.58. The van der Waals surface area contributed by atoms with Crippen molar-refractivity contribution in [2.75, 3.05) is 33.0 Å². The molecule has 0 aliphatic rings. The van der Waals surface area contributed by atoms with Crippen LogP contribution >= 0.6 is 0 Å². The number of aliphatic hydroxyl groups is 1. The first-order valence-corrected chi connectivity index (χ1v) is 5.43. The van der Waals surface area contributed by atoms with E-state index in [1.807, 2.05) is 0 Å². The average molecular weight is 256 g/mol. The van der Waals surface area contributed by atoms with Gasteiger partial charge in [-0.05, 0) is 18.2 Å². The van der Waals surface area contributed by atoms with E-state index in [1.54, 1.807) is 0 Å². The maximum atomic E-state index is 12.9. The first kappa shape index (κ1) is 14.4. The van der Waals surface area contributed by atoms with Gasteiger partial charge in [0.05, 0.1) is 18.3 Å². The highest BCUT2D eigenvalue weighted by Gasteiger charge is 2.17. The minimum absolute atomic E-state index is 0.0769. The van der Waals surface area contributed by atoms with Crippen LogP contribution in [0, 0.1) is 5.82 Å². The Kier molecular flexibility index (Phi) is 5.06. The molecular weight excluding hydrogens is 239 g/mol. The summed E-state index contributed by atoms with van der Waals surface area (Å²) in [5.41, 5.74) is 5.86. The quantitative estimate of drug-likeness (QED) is 0.752. The molecule has 6 heteroatoms. The van der Waals surface area contributed by atoms with Gasteiger partial charge in [0.15, 0.2) is 0 Å². The van der Waals surface area contributed by atoms with Crippen LogP contribution < -0.4 is 5.73 Å². The Hall–Kier alpha value is -1.66. The van der Waals surface area contributed by atoms with E-state index < -0.39 is 11.9 Å². The SMILES string of the molecule is COCC(O)CN(C)C(=O)c1ccc(F)cc1N. The summed E-state index contributed by atoms with van der Waals surface area (Å²) < 4.78 is 17.6. The lowest BCUT2D eigenvalue weighted by Crippen LogP contribution is -2.36. The zero-order valence-corrected chi connectivity index (χ0v) is 10.4. The van der Waals surface area contributed by atoms with E-state index in [9.17, 15) is 14.3 Å². The first-order valence-electron chi connectivity index (χ1n) is 5.43. The van der Waals surface area contributed by atoms with Crippen LogP contribution in [0.1, 0.15) is 10.4 Å². The fraction of sp³-hybridized carbons (Fsp3) is 0.417. The highest BCUT2D eigenvalue weighted by atomic mass is 19.1.